The highest BCUT2D eigenvalue weighted by Crippen LogP contribution is 2.38. The smallest absolute Gasteiger partial charge is 0.0177 e. The van der Waals surface area contributed by atoms with E-state index in [-0.39, 0.29) is 0 Å². The van der Waals surface area contributed by atoms with E-state index in [1.807, 2.05) is 0 Å². The zero-order valence-electron chi connectivity index (χ0n) is 8.25. The van der Waals surface area contributed by atoms with Crippen molar-refractivity contribution in [3.8, 4) is 0 Å². The van der Waals surface area contributed by atoms with E-state index in [9.17, 15) is 0 Å². The van der Waals surface area contributed by atoms with E-state index < -0.39 is 0 Å². The molecule has 0 saturated heterocycles. The minimum Gasteiger partial charge on any atom is -0.330 e. The molecule has 1 aliphatic rings. The first-order chi connectivity index (χ1) is 6.79. The fraction of sp³-hybridized carbons (Fsp3) is 0.500. The summed E-state index contributed by atoms with van der Waals surface area (Å²) < 4.78 is 1.17. The summed E-state index contributed by atoms with van der Waals surface area (Å²) in [6, 6.07) is 8.55. The lowest BCUT2D eigenvalue weighted by Crippen LogP contribution is -2.18. The molecule has 0 radical (unpaired) electrons. The molecule has 1 fully saturated rings. The second kappa shape index (κ2) is 4.45. The Morgan fingerprint density at radius 2 is 2.21 bits per heavy atom. The SMILES string of the molecule is NCC(Cc1cccc(Br)c1)C1CC1. The van der Waals surface area contributed by atoms with Crippen molar-refractivity contribution >= 4 is 15.9 Å². The summed E-state index contributed by atoms with van der Waals surface area (Å²) in [7, 11) is 0. The molecule has 14 heavy (non-hydrogen) atoms. The molecule has 1 saturated carbocycles. The van der Waals surface area contributed by atoms with Crippen LogP contribution < -0.4 is 5.73 Å². The number of hydrogen-bond donors (Lipinski definition) is 1. The van der Waals surface area contributed by atoms with E-state index in [0.29, 0.717) is 5.92 Å². The maximum Gasteiger partial charge on any atom is 0.0177 e. The second-order valence-corrected chi connectivity index (χ2v) is 5.08. The predicted octanol–water partition coefficient (Wildman–Crippen LogP) is 2.98. The molecule has 1 aromatic carbocycles. The van der Waals surface area contributed by atoms with E-state index in [4.69, 9.17) is 5.73 Å². The minimum absolute atomic E-state index is 0.698. The van der Waals surface area contributed by atoms with Crippen LogP contribution in [-0.4, -0.2) is 6.54 Å². The Balaban J connectivity index is 2.01. The zero-order chi connectivity index (χ0) is 9.97. The standard InChI is InChI=1S/C12H16BrN/c13-12-3-1-2-9(7-12)6-11(8-14)10-4-5-10/h1-3,7,10-11H,4-6,8,14H2. The third-order valence-corrected chi connectivity index (χ3v) is 3.47. The molecule has 0 aromatic heterocycles. The van der Waals surface area contributed by atoms with E-state index in [0.717, 1.165) is 18.9 Å². The van der Waals surface area contributed by atoms with Crippen molar-refractivity contribution in [2.45, 2.75) is 19.3 Å². The third-order valence-electron chi connectivity index (χ3n) is 2.98. The fourth-order valence-electron chi connectivity index (χ4n) is 1.98. The lowest BCUT2D eigenvalue weighted by Gasteiger charge is -2.13. The van der Waals surface area contributed by atoms with Gasteiger partial charge in [-0.15, -0.1) is 0 Å². The Labute approximate surface area is 93.8 Å². The van der Waals surface area contributed by atoms with Crippen LogP contribution in [0.1, 0.15) is 18.4 Å². The van der Waals surface area contributed by atoms with Crippen molar-refractivity contribution in [2.24, 2.45) is 17.6 Å². The molecule has 1 aliphatic carbocycles. The molecule has 2 heteroatoms. The number of nitrogens with two attached hydrogens (primary N) is 1. The van der Waals surface area contributed by atoms with Gasteiger partial charge in [0.05, 0.1) is 0 Å². The Morgan fingerprint density at radius 1 is 1.43 bits per heavy atom. The summed E-state index contributed by atoms with van der Waals surface area (Å²) in [5.41, 5.74) is 7.19. The highest BCUT2D eigenvalue weighted by Gasteiger charge is 2.29. The van der Waals surface area contributed by atoms with Crippen LogP contribution in [0.3, 0.4) is 0 Å². The van der Waals surface area contributed by atoms with Crippen LogP contribution >= 0.6 is 15.9 Å². The maximum absolute atomic E-state index is 5.79. The van der Waals surface area contributed by atoms with Gasteiger partial charge in [0.2, 0.25) is 0 Å². The number of benzene rings is 1. The number of rotatable bonds is 4. The van der Waals surface area contributed by atoms with Gasteiger partial charge in [-0.25, -0.2) is 0 Å². The van der Waals surface area contributed by atoms with Crippen LogP contribution in [0.2, 0.25) is 0 Å². The van der Waals surface area contributed by atoms with Gasteiger partial charge >= 0.3 is 0 Å². The van der Waals surface area contributed by atoms with Gasteiger partial charge in [-0.2, -0.15) is 0 Å². The molecule has 76 valence electrons. The topological polar surface area (TPSA) is 26.0 Å². The molecule has 2 rings (SSSR count). The van der Waals surface area contributed by atoms with Crippen molar-refractivity contribution < 1.29 is 0 Å². The summed E-state index contributed by atoms with van der Waals surface area (Å²) in [4.78, 5) is 0. The predicted molar refractivity (Wildman–Crippen MR) is 63.1 cm³/mol. The first-order valence-corrected chi connectivity index (χ1v) is 6.03. The molecule has 1 nitrogen and oxygen atoms in total. The average Bonchev–Trinajstić information content (AvgIpc) is 2.97. The first kappa shape index (κ1) is 10.2. The zero-order valence-corrected chi connectivity index (χ0v) is 9.83. The van der Waals surface area contributed by atoms with E-state index in [1.54, 1.807) is 0 Å². The Morgan fingerprint density at radius 3 is 2.79 bits per heavy atom. The van der Waals surface area contributed by atoms with E-state index in [1.165, 1.54) is 22.9 Å². The third kappa shape index (κ3) is 2.58. The van der Waals surface area contributed by atoms with Crippen LogP contribution in [0.25, 0.3) is 0 Å². The molecule has 0 spiro atoms. The fourth-order valence-corrected chi connectivity index (χ4v) is 2.42. The summed E-state index contributed by atoms with van der Waals surface area (Å²) >= 11 is 3.50. The van der Waals surface area contributed by atoms with Gasteiger partial charge in [-0.1, -0.05) is 28.1 Å². The highest BCUT2D eigenvalue weighted by molar-refractivity contribution is 9.10. The molecule has 0 bridgehead atoms. The van der Waals surface area contributed by atoms with Gasteiger partial charge in [0.15, 0.2) is 0 Å². The highest BCUT2D eigenvalue weighted by atomic mass is 79.9. The van der Waals surface area contributed by atoms with Gasteiger partial charge in [0.25, 0.3) is 0 Å². The average molecular weight is 254 g/mol. The first-order valence-electron chi connectivity index (χ1n) is 5.24. The number of halogens is 1. The summed E-state index contributed by atoms with van der Waals surface area (Å²) in [5.74, 6) is 1.60. The van der Waals surface area contributed by atoms with Gasteiger partial charge < -0.3 is 5.73 Å². The molecular formula is C12H16BrN. The quantitative estimate of drug-likeness (QED) is 0.878. The molecular weight excluding hydrogens is 238 g/mol. The van der Waals surface area contributed by atoms with Crippen molar-refractivity contribution in [3.63, 3.8) is 0 Å². The maximum atomic E-state index is 5.79. The van der Waals surface area contributed by atoms with Gasteiger partial charge in [-0.3, -0.25) is 0 Å². The van der Waals surface area contributed by atoms with Crippen LogP contribution in [0.4, 0.5) is 0 Å². The summed E-state index contributed by atoms with van der Waals surface area (Å²) in [5, 5.41) is 0. The van der Waals surface area contributed by atoms with Crippen molar-refractivity contribution in [1.29, 1.82) is 0 Å². The molecule has 0 aliphatic heterocycles. The summed E-state index contributed by atoms with van der Waals surface area (Å²) in [6.45, 7) is 0.831. The number of hydrogen-bond acceptors (Lipinski definition) is 1. The van der Waals surface area contributed by atoms with Crippen LogP contribution in [-0.2, 0) is 6.42 Å². The monoisotopic (exact) mass is 253 g/mol. The van der Waals surface area contributed by atoms with Gasteiger partial charge in [0, 0.05) is 4.47 Å². The van der Waals surface area contributed by atoms with Crippen molar-refractivity contribution in [3.05, 3.63) is 34.3 Å². The normalized spacial score (nSPS) is 18.1. The molecule has 0 amide bonds. The lowest BCUT2D eigenvalue weighted by atomic mass is 9.95. The second-order valence-electron chi connectivity index (χ2n) is 4.17. The van der Waals surface area contributed by atoms with Crippen LogP contribution in [0, 0.1) is 11.8 Å². The van der Waals surface area contributed by atoms with Gasteiger partial charge in [-0.05, 0) is 55.3 Å². The van der Waals surface area contributed by atoms with E-state index in [2.05, 4.69) is 40.2 Å². The Hall–Kier alpha value is -0.340. The Bertz CT molecular complexity index is 307. The Kier molecular flexibility index (Phi) is 3.24. The molecule has 1 aromatic rings. The van der Waals surface area contributed by atoms with E-state index >= 15 is 0 Å². The molecule has 1 unspecified atom stereocenters. The lowest BCUT2D eigenvalue weighted by molar-refractivity contribution is 0.471. The largest absolute Gasteiger partial charge is 0.330 e. The molecule has 0 heterocycles. The summed E-state index contributed by atoms with van der Waals surface area (Å²) in [6.07, 6.45) is 3.91. The van der Waals surface area contributed by atoms with Crippen LogP contribution in [0.15, 0.2) is 28.7 Å². The van der Waals surface area contributed by atoms with Crippen molar-refractivity contribution in [1.82, 2.24) is 0 Å². The van der Waals surface area contributed by atoms with Crippen molar-refractivity contribution in [2.75, 3.05) is 6.54 Å². The molecule has 1 atom stereocenters. The minimum atomic E-state index is 0.698. The van der Waals surface area contributed by atoms with Gasteiger partial charge in [0.1, 0.15) is 0 Å². The van der Waals surface area contributed by atoms with Crippen LogP contribution in [0.5, 0.6) is 0 Å². The molecule has 2 N–H and O–H groups in total.